The van der Waals surface area contributed by atoms with Gasteiger partial charge in [-0.15, -0.1) is 0 Å². The highest BCUT2D eigenvalue weighted by atomic mass is 16.1. The van der Waals surface area contributed by atoms with E-state index in [0.29, 0.717) is 24.0 Å². The Morgan fingerprint density at radius 2 is 1.87 bits per heavy atom. The van der Waals surface area contributed by atoms with Gasteiger partial charge in [0.2, 0.25) is 0 Å². The van der Waals surface area contributed by atoms with E-state index in [2.05, 4.69) is 31.0 Å². The molecule has 2 atom stereocenters. The summed E-state index contributed by atoms with van der Waals surface area (Å²) in [4.78, 5) is 17.9. The number of aryl methyl sites for hydroxylation is 1. The van der Waals surface area contributed by atoms with Gasteiger partial charge < -0.3 is 0 Å². The second-order valence-corrected chi connectivity index (χ2v) is 8.57. The summed E-state index contributed by atoms with van der Waals surface area (Å²) in [5, 5.41) is 7.57. The van der Waals surface area contributed by atoms with Gasteiger partial charge in [0.05, 0.1) is 5.92 Å². The van der Waals surface area contributed by atoms with Crippen molar-refractivity contribution in [3.63, 3.8) is 0 Å². The molecule has 0 aromatic carbocycles. The maximum atomic E-state index is 13.0. The normalized spacial score (nSPS) is 30.6. The molecule has 4 rings (SSSR count). The van der Waals surface area contributed by atoms with Crippen LogP contribution in [0, 0.1) is 24.2 Å². The third-order valence-electron chi connectivity index (χ3n) is 6.09. The number of carbonyl (C=O) groups excluding carboxylic acids is 1. The Kier molecular flexibility index (Phi) is 3.47. The zero-order chi connectivity index (χ0) is 16.2. The highest BCUT2D eigenvalue weighted by Crippen LogP contribution is 2.51. The van der Waals surface area contributed by atoms with Gasteiger partial charge in [0, 0.05) is 29.3 Å². The first-order valence-electron chi connectivity index (χ1n) is 9.11. The number of H-pyrrole nitrogens is 1. The number of aliphatic imine (C=N–C) groups is 1. The summed E-state index contributed by atoms with van der Waals surface area (Å²) in [5.41, 5.74) is 3.47. The highest BCUT2D eigenvalue weighted by Gasteiger charge is 2.48. The number of nitrogens with zero attached hydrogens (tertiary/aromatic N) is 2. The van der Waals surface area contributed by atoms with Gasteiger partial charge in [-0.3, -0.25) is 9.89 Å². The van der Waals surface area contributed by atoms with Crippen LogP contribution in [0.2, 0.25) is 0 Å². The quantitative estimate of drug-likeness (QED) is 0.831. The molecule has 3 aliphatic rings. The van der Waals surface area contributed by atoms with Gasteiger partial charge in [0.15, 0.2) is 5.82 Å². The van der Waals surface area contributed by atoms with Crippen LogP contribution in [0.3, 0.4) is 0 Å². The van der Waals surface area contributed by atoms with Gasteiger partial charge in [0.1, 0.15) is 5.78 Å². The van der Waals surface area contributed by atoms with Crippen LogP contribution in [-0.4, -0.2) is 21.7 Å². The van der Waals surface area contributed by atoms with Gasteiger partial charge in [-0.05, 0) is 37.5 Å². The van der Waals surface area contributed by atoms with Crippen LogP contribution in [0.1, 0.15) is 76.0 Å². The van der Waals surface area contributed by atoms with Crippen LogP contribution in [-0.2, 0) is 4.79 Å². The van der Waals surface area contributed by atoms with Crippen LogP contribution >= 0.6 is 0 Å². The van der Waals surface area contributed by atoms with Crippen LogP contribution < -0.4 is 0 Å². The monoisotopic (exact) mass is 313 g/mol. The van der Waals surface area contributed by atoms with Crippen molar-refractivity contribution in [1.82, 2.24) is 10.2 Å². The first-order valence-corrected chi connectivity index (χ1v) is 9.11. The number of aromatic amines is 1. The number of ketones is 1. The Labute approximate surface area is 138 Å². The number of carbonyl (C=O) groups is 1. The Balaban J connectivity index is 1.81. The first-order chi connectivity index (χ1) is 11.0. The van der Waals surface area contributed by atoms with Gasteiger partial charge in [-0.2, -0.15) is 5.10 Å². The van der Waals surface area contributed by atoms with Gasteiger partial charge >= 0.3 is 0 Å². The van der Waals surface area contributed by atoms with E-state index in [1.807, 2.05) is 0 Å². The fourth-order valence-electron chi connectivity index (χ4n) is 5.16. The number of aromatic nitrogens is 2. The average Bonchev–Trinajstić information content (AvgIpc) is 2.86. The molecule has 4 nitrogen and oxygen atoms in total. The Bertz CT molecular complexity index is 664. The molecule has 2 saturated carbocycles. The third kappa shape index (κ3) is 2.47. The number of rotatable bonds is 1. The van der Waals surface area contributed by atoms with Gasteiger partial charge in [-0.25, -0.2) is 4.99 Å². The molecule has 1 aromatic heterocycles. The van der Waals surface area contributed by atoms with E-state index in [-0.39, 0.29) is 11.3 Å². The van der Waals surface area contributed by atoms with E-state index in [9.17, 15) is 4.79 Å². The van der Waals surface area contributed by atoms with Crippen molar-refractivity contribution in [2.45, 2.75) is 71.6 Å². The molecule has 1 aliphatic heterocycles. The van der Waals surface area contributed by atoms with Crippen molar-refractivity contribution < 1.29 is 4.79 Å². The molecule has 0 radical (unpaired) electrons. The van der Waals surface area contributed by atoms with Crippen molar-refractivity contribution >= 4 is 17.3 Å². The van der Waals surface area contributed by atoms with Crippen molar-refractivity contribution in [1.29, 1.82) is 0 Å². The predicted molar refractivity (Wildman–Crippen MR) is 91.2 cm³/mol. The lowest BCUT2D eigenvalue weighted by atomic mass is 9.60. The molecule has 124 valence electrons. The molecule has 0 saturated heterocycles. The number of Topliss-reactive ketones (excluding diaryl/α,β-unsaturated/α-hetero) is 1. The molecular weight excluding hydrogens is 286 g/mol. The lowest BCUT2D eigenvalue weighted by Gasteiger charge is -2.43. The van der Waals surface area contributed by atoms with Crippen molar-refractivity contribution in [2.24, 2.45) is 22.2 Å². The maximum Gasteiger partial charge on any atom is 0.177 e. The van der Waals surface area contributed by atoms with E-state index >= 15 is 0 Å². The molecule has 2 unspecified atom stereocenters. The number of hydrogen-bond donors (Lipinski definition) is 1. The minimum atomic E-state index is 0.00919. The summed E-state index contributed by atoms with van der Waals surface area (Å²) in [6, 6.07) is 0. The molecule has 1 N–H and O–H groups in total. The molecule has 2 aliphatic carbocycles. The van der Waals surface area contributed by atoms with Crippen molar-refractivity contribution in [3.8, 4) is 0 Å². The Morgan fingerprint density at radius 3 is 2.61 bits per heavy atom. The van der Waals surface area contributed by atoms with Crippen LogP contribution in [0.15, 0.2) is 4.99 Å². The summed E-state index contributed by atoms with van der Waals surface area (Å²) in [5.74, 6) is 2.19. The largest absolute Gasteiger partial charge is 0.299 e. The fourth-order valence-corrected chi connectivity index (χ4v) is 5.16. The summed E-state index contributed by atoms with van der Waals surface area (Å²) in [6.45, 7) is 6.45. The molecular formula is C19H27N3O. The lowest BCUT2D eigenvalue weighted by molar-refractivity contribution is -0.125. The fraction of sp³-hybridized carbons (Fsp3) is 0.737. The maximum absolute atomic E-state index is 13.0. The predicted octanol–water partition coefficient (Wildman–Crippen LogP) is 4.47. The van der Waals surface area contributed by atoms with E-state index in [0.717, 1.165) is 23.6 Å². The minimum Gasteiger partial charge on any atom is -0.299 e. The molecule has 23 heavy (non-hydrogen) atoms. The molecule has 0 spiro atoms. The van der Waals surface area contributed by atoms with Crippen LogP contribution in [0.5, 0.6) is 0 Å². The Hall–Kier alpha value is -1.45. The smallest absolute Gasteiger partial charge is 0.177 e. The lowest BCUT2D eigenvalue weighted by Crippen LogP contribution is -2.44. The topological polar surface area (TPSA) is 58.1 Å². The molecule has 0 bridgehead atoms. The SMILES string of the molecule is Cc1[nH]nc2c1C(C1CCCCC1)C1C(=O)CC(C)(C)CC1=N2. The molecule has 2 fully saturated rings. The first kappa shape index (κ1) is 15.1. The van der Waals surface area contributed by atoms with Crippen LogP contribution in [0.4, 0.5) is 5.82 Å². The average molecular weight is 313 g/mol. The molecule has 4 heteroatoms. The second-order valence-electron chi connectivity index (χ2n) is 8.57. The van der Waals surface area contributed by atoms with Gasteiger partial charge in [-0.1, -0.05) is 33.1 Å². The van der Waals surface area contributed by atoms with Crippen molar-refractivity contribution in [2.75, 3.05) is 0 Å². The zero-order valence-electron chi connectivity index (χ0n) is 14.5. The summed E-state index contributed by atoms with van der Waals surface area (Å²) in [6.07, 6.45) is 8.04. The van der Waals surface area contributed by atoms with E-state index in [1.54, 1.807) is 0 Å². The number of fused-ring (bicyclic) bond motifs is 2. The van der Waals surface area contributed by atoms with Gasteiger partial charge in [0.25, 0.3) is 0 Å². The summed E-state index contributed by atoms with van der Waals surface area (Å²) < 4.78 is 0. The van der Waals surface area contributed by atoms with Crippen molar-refractivity contribution in [3.05, 3.63) is 11.3 Å². The molecule has 2 heterocycles. The number of nitrogens with one attached hydrogen (secondary N) is 1. The Morgan fingerprint density at radius 1 is 1.13 bits per heavy atom. The van der Waals surface area contributed by atoms with Crippen LogP contribution in [0.25, 0.3) is 0 Å². The number of hydrogen-bond acceptors (Lipinski definition) is 3. The summed E-state index contributed by atoms with van der Waals surface area (Å²) >= 11 is 0. The van der Waals surface area contributed by atoms with E-state index < -0.39 is 0 Å². The second kappa shape index (κ2) is 5.29. The summed E-state index contributed by atoms with van der Waals surface area (Å²) in [7, 11) is 0. The minimum absolute atomic E-state index is 0.00919. The highest BCUT2D eigenvalue weighted by molar-refractivity contribution is 6.10. The molecule has 0 amide bonds. The zero-order valence-corrected chi connectivity index (χ0v) is 14.5. The van der Waals surface area contributed by atoms with E-state index in [1.165, 1.54) is 37.7 Å². The third-order valence-corrected chi connectivity index (χ3v) is 6.09. The molecule has 1 aromatic rings. The standard InChI is InChI=1S/C19H27N3O/c1-11-15-16(12-7-5-4-6-8-12)17-13(20-18(15)22-21-11)9-19(2,3)10-14(17)23/h12,16-17H,4-10H2,1-3H3,(H,21,22). The van der Waals surface area contributed by atoms with E-state index in [4.69, 9.17) is 4.99 Å².